The molecule has 0 aromatic heterocycles. The van der Waals surface area contributed by atoms with Gasteiger partial charge in [0.1, 0.15) is 12.6 Å². The van der Waals surface area contributed by atoms with Crippen LogP contribution in [0.2, 0.25) is 5.02 Å². The van der Waals surface area contributed by atoms with E-state index in [0.717, 1.165) is 22.9 Å². The summed E-state index contributed by atoms with van der Waals surface area (Å²) in [4.78, 5) is 27.0. The predicted molar refractivity (Wildman–Crippen MR) is 131 cm³/mol. The van der Waals surface area contributed by atoms with E-state index in [2.05, 4.69) is 21.2 Å². The lowest BCUT2D eigenvalue weighted by Gasteiger charge is -2.31. The second-order valence-electron chi connectivity index (χ2n) is 7.65. The number of rotatable bonds is 9. The fourth-order valence-corrected chi connectivity index (χ4v) is 4.75. The van der Waals surface area contributed by atoms with Gasteiger partial charge < -0.3 is 10.2 Å². The Labute approximate surface area is 215 Å². The molecule has 13 heteroatoms. The molecule has 0 aliphatic rings. The number of hydrogen-bond acceptors (Lipinski definition) is 4. The predicted octanol–water partition coefficient (Wildman–Crippen LogP) is 4.44. The van der Waals surface area contributed by atoms with Crippen LogP contribution in [0.1, 0.15) is 25.0 Å². The van der Waals surface area contributed by atoms with Crippen LogP contribution in [-0.4, -0.2) is 50.5 Å². The van der Waals surface area contributed by atoms with Gasteiger partial charge in [-0.2, -0.15) is 13.2 Å². The van der Waals surface area contributed by atoms with E-state index in [4.69, 9.17) is 11.6 Å². The van der Waals surface area contributed by atoms with Crippen LogP contribution in [-0.2, 0) is 32.3 Å². The van der Waals surface area contributed by atoms with Gasteiger partial charge in [-0.25, -0.2) is 8.42 Å². The van der Waals surface area contributed by atoms with Gasteiger partial charge in [0.15, 0.2) is 0 Å². The Balaban J connectivity index is 2.47. The molecule has 0 spiro atoms. The molecule has 0 heterocycles. The Morgan fingerprint density at radius 1 is 1.17 bits per heavy atom. The van der Waals surface area contributed by atoms with Crippen molar-refractivity contribution in [1.82, 2.24) is 10.2 Å². The average Bonchev–Trinajstić information content (AvgIpc) is 2.74. The number of likely N-dealkylation sites (N-methyl/N-ethyl adjacent to an activating group) is 1. The van der Waals surface area contributed by atoms with Crippen LogP contribution in [0, 0.1) is 0 Å². The van der Waals surface area contributed by atoms with Crippen molar-refractivity contribution in [3.05, 3.63) is 63.1 Å². The minimum absolute atomic E-state index is 0.0391. The van der Waals surface area contributed by atoms with Crippen LogP contribution < -0.4 is 9.62 Å². The summed E-state index contributed by atoms with van der Waals surface area (Å²) in [6, 6.07) is 8.53. The molecule has 0 aliphatic carbocycles. The van der Waals surface area contributed by atoms with Crippen molar-refractivity contribution in [3.63, 3.8) is 0 Å². The lowest BCUT2D eigenvalue weighted by molar-refractivity contribution is -0.139. The third kappa shape index (κ3) is 7.84. The summed E-state index contributed by atoms with van der Waals surface area (Å²) in [6.07, 6.45) is -4.06. The number of benzene rings is 2. The number of amides is 2. The number of anilines is 1. The van der Waals surface area contributed by atoms with Gasteiger partial charge in [-0.3, -0.25) is 13.9 Å². The van der Waals surface area contributed by atoms with Crippen molar-refractivity contribution in [3.8, 4) is 0 Å². The zero-order valence-corrected chi connectivity index (χ0v) is 22.2. The van der Waals surface area contributed by atoms with Crippen LogP contribution in [0.4, 0.5) is 18.9 Å². The molecule has 192 valence electrons. The Hall–Kier alpha value is -2.31. The van der Waals surface area contributed by atoms with Gasteiger partial charge in [0.25, 0.3) is 0 Å². The molecule has 1 atom stereocenters. The average molecular weight is 599 g/mol. The Kier molecular flexibility index (Phi) is 9.60. The highest BCUT2D eigenvalue weighted by Crippen LogP contribution is 2.37. The second kappa shape index (κ2) is 11.6. The van der Waals surface area contributed by atoms with E-state index in [0.29, 0.717) is 22.5 Å². The number of halogens is 5. The van der Waals surface area contributed by atoms with E-state index < -0.39 is 51.2 Å². The van der Waals surface area contributed by atoms with E-state index in [1.807, 2.05) is 0 Å². The van der Waals surface area contributed by atoms with Gasteiger partial charge >= 0.3 is 6.18 Å². The van der Waals surface area contributed by atoms with Gasteiger partial charge in [-0.15, -0.1) is 0 Å². The monoisotopic (exact) mass is 597 g/mol. The first kappa shape index (κ1) is 28.9. The smallest absolute Gasteiger partial charge is 0.355 e. The molecule has 1 N–H and O–H groups in total. The molecule has 0 bridgehead atoms. The van der Waals surface area contributed by atoms with Gasteiger partial charge in [0.05, 0.1) is 22.5 Å². The molecule has 2 aromatic carbocycles. The standard InChI is InChI=1S/C22H24BrClF3N3O4S/c1-4-28-21(32)14(2)29(12-15-6-5-7-16(23)10-15)20(31)13-30(35(3,33)34)17-8-9-19(24)18(11-17)22(25,26)27/h5-11,14H,4,12-13H2,1-3H3,(H,28,32)/t14-/m1/s1. The molecular formula is C22H24BrClF3N3O4S. The van der Waals surface area contributed by atoms with Gasteiger partial charge in [0.2, 0.25) is 21.8 Å². The van der Waals surface area contributed by atoms with Crippen LogP contribution in [0.15, 0.2) is 46.9 Å². The summed E-state index contributed by atoms with van der Waals surface area (Å²) in [5, 5.41) is 2.00. The van der Waals surface area contributed by atoms with Crippen molar-refractivity contribution in [2.24, 2.45) is 0 Å². The molecule has 35 heavy (non-hydrogen) atoms. The Morgan fingerprint density at radius 2 is 1.83 bits per heavy atom. The molecule has 2 aromatic rings. The molecular weight excluding hydrogens is 575 g/mol. The van der Waals surface area contributed by atoms with Crippen molar-refractivity contribution >= 4 is 55.1 Å². The van der Waals surface area contributed by atoms with Crippen molar-refractivity contribution in [1.29, 1.82) is 0 Å². The van der Waals surface area contributed by atoms with Crippen LogP contribution in [0.25, 0.3) is 0 Å². The SMILES string of the molecule is CCNC(=O)[C@@H](C)N(Cc1cccc(Br)c1)C(=O)CN(c1ccc(Cl)c(C(F)(F)F)c1)S(C)(=O)=O. The first-order chi connectivity index (χ1) is 16.1. The van der Waals surface area contributed by atoms with Crippen LogP contribution >= 0.6 is 27.5 Å². The van der Waals surface area contributed by atoms with Crippen LogP contribution in [0.3, 0.4) is 0 Å². The zero-order valence-electron chi connectivity index (χ0n) is 19.1. The normalized spacial score (nSPS) is 12.7. The van der Waals surface area contributed by atoms with Gasteiger partial charge in [-0.05, 0) is 49.7 Å². The first-order valence-corrected chi connectivity index (χ1v) is 13.3. The largest absolute Gasteiger partial charge is 0.417 e. The number of sulfonamides is 1. The fraction of sp³-hybridized carbons (Fsp3) is 0.364. The lowest BCUT2D eigenvalue weighted by Crippen LogP contribution is -2.51. The third-order valence-corrected chi connectivity index (χ3v) is 6.95. The maximum atomic E-state index is 13.3. The third-order valence-electron chi connectivity index (χ3n) is 4.98. The number of nitrogens with one attached hydrogen (secondary N) is 1. The highest BCUT2D eigenvalue weighted by molar-refractivity contribution is 9.10. The highest BCUT2D eigenvalue weighted by Gasteiger charge is 2.35. The lowest BCUT2D eigenvalue weighted by atomic mass is 10.1. The Morgan fingerprint density at radius 3 is 2.37 bits per heavy atom. The molecule has 0 unspecified atom stereocenters. The van der Waals surface area contributed by atoms with Crippen molar-refractivity contribution < 1.29 is 31.2 Å². The number of hydrogen-bond donors (Lipinski definition) is 1. The summed E-state index contributed by atoms with van der Waals surface area (Å²) < 4.78 is 66.3. The first-order valence-electron chi connectivity index (χ1n) is 10.3. The molecule has 0 aliphatic heterocycles. The summed E-state index contributed by atoms with van der Waals surface area (Å²) in [5.74, 6) is -1.25. The topological polar surface area (TPSA) is 86.8 Å². The number of carbonyl (C=O) groups excluding carboxylic acids is 2. The quantitative estimate of drug-likeness (QED) is 0.463. The molecule has 2 amide bonds. The highest BCUT2D eigenvalue weighted by atomic mass is 79.9. The summed E-state index contributed by atoms with van der Waals surface area (Å²) in [5.41, 5.74) is -0.967. The summed E-state index contributed by atoms with van der Waals surface area (Å²) >= 11 is 8.99. The molecule has 0 fully saturated rings. The van der Waals surface area contributed by atoms with Crippen LogP contribution in [0.5, 0.6) is 0 Å². The Bertz CT molecular complexity index is 1190. The van der Waals surface area contributed by atoms with E-state index in [1.54, 1.807) is 31.2 Å². The molecule has 0 radical (unpaired) electrons. The molecule has 0 saturated carbocycles. The summed E-state index contributed by atoms with van der Waals surface area (Å²) in [6.45, 7) is 2.63. The van der Waals surface area contributed by atoms with Gasteiger partial charge in [0, 0.05) is 17.6 Å². The van der Waals surface area contributed by atoms with Crippen molar-refractivity contribution in [2.75, 3.05) is 23.7 Å². The van der Waals surface area contributed by atoms with E-state index in [9.17, 15) is 31.2 Å². The number of nitrogens with zero attached hydrogens (tertiary/aromatic N) is 2. The van der Waals surface area contributed by atoms with E-state index >= 15 is 0 Å². The molecule has 0 saturated heterocycles. The minimum Gasteiger partial charge on any atom is -0.355 e. The number of alkyl halides is 3. The summed E-state index contributed by atoms with van der Waals surface area (Å²) in [7, 11) is -4.19. The maximum absolute atomic E-state index is 13.3. The maximum Gasteiger partial charge on any atom is 0.417 e. The van der Waals surface area contributed by atoms with E-state index in [-0.39, 0.29) is 12.2 Å². The van der Waals surface area contributed by atoms with E-state index in [1.165, 1.54) is 11.8 Å². The zero-order chi connectivity index (χ0) is 26.6. The number of carbonyl (C=O) groups is 2. The molecule has 2 rings (SSSR count). The minimum atomic E-state index is -4.83. The fourth-order valence-electron chi connectivity index (χ4n) is 3.24. The van der Waals surface area contributed by atoms with Gasteiger partial charge in [-0.1, -0.05) is 39.7 Å². The molecule has 7 nitrogen and oxygen atoms in total. The van der Waals surface area contributed by atoms with Crippen molar-refractivity contribution in [2.45, 2.75) is 32.6 Å². The second-order valence-corrected chi connectivity index (χ2v) is 10.9.